The minimum absolute atomic E-state index is 0.0535. The van der Waals surface area contributed by atoms with Gasteiger partial charge in [-0.1, -0.05) is 43.2 Å². The van der Waals surface area contributed by atoms with E-state index in [1.807, 2.05) is 61.2 Å². The maximum Gasteiger partial charge on any atom is 0.411 e. The van der Waals surface area contributed by atoms with Crippen LogP contribution in [0.5, 0.6) is 0 Å². The van der Waals surface area contributed by atoms with Crippen LogP contribution >= 0.6 is 0 Å². The van der Waals surface area contributed by atoms with E-state index < -0.39 is 11.5 Å². The Balaban J connectivity index is 1.54. The second kappa shape index (κ2) is 11.7. The Morgan fingerprint density at radius 2 is 1.71 bits per heavy atom. The number of carbonyl (C=O) groups is 3. The van der Waals surface area contributed by atoms with E-state index >= 15 is 0 Å². The van der Waals surface area contributed by atoms with E-state index in [1.54, 1.807) is 13.0 Å². The van der Waals surface area contributed by atoms with E-state index in [9.17, 15) is 14.4 Å². The molecular weight excluding hydrogens is 432 g/mol. The summed E-state index contributed by atoms with van der Waals surface area (Å²) >= 11 is 0. The topological polar surface area (TPSA) is 84.9 Å². The predicted molar refractivity (Wildman–Crippen MR) is 132 cm³/mol. The minimum Gasteiger partial charge on any atom is -0.466 e. The Labute approximate surface area is 201 Å². The number of anilines is 2. The summed E-state index contributed by atoms with van der Waals surface area (Å²) in [6.45, 7) is 6.85. The minimum atomic E-state index is -0.676. The van der Waals surface area contributed by atoms with Crippen molar-refractivity contribution in [3.05, 3.63) is 59.7 Å². The van der Waals surface area contributed by atoms with Gasteiger partial charge < -0.3 is 14.4 Å². The number of amides is 2. The van der Waals surface area contributed by atoms with Crippen molar-refractivity contribution in [1.82, 2.24) is 0 Å². The number of benzene rings is 2. The van der Waals surface area contributed by atoms with Crippen molar-refractivity contribution in [1.29, 1.82) is 0 Å². The molecule has 1 heterocycles. The van der Waals surface area contributed by atoms with Gasteiger partial charge in [0.2, 0.25) is 5.91 Å². The summed E-state index contributed by atoms with van der Waals surface area (Å²) in [5.41, 5.74) is 2.60. The summed E-state index contributed by atoms with van der Waals surface area (Å²) in [5.74, 6) is -0.0981. The van der Waals surface area contributed by atoms with Gasteiger partial charge in [0.15, 0.2) is 0 Å². The molecular formula is C27H34N2O5. The third kappa shape index (κ3) is 6.37. The molecule has 3 rings (SSSR count). The number of fused-ring (bicyclic) bond motifs is 1. The van der Waals surface area contributed by atoms with Crippen LogP contribution in [0.4, 0.5) is 16.2 Å². The molecule has 0 atom stereocenters. The van der Waals surface area contributed by atoms with Gasteiger partial charge in [0, 0.05) is 24.3 Å². The summed E-state index contributed by atoms with van der Waals surface area (Å²) in [5, 5.41) is 2.76. The molecule has 0 spiro atoms. The highest BCUT2D eigenvalue weighted by Gasteiger charge is 2.43. The number of hydrogen-bond donors (Lipinski definition) is 1. The normalized spacial score (nSPS) is 14.0. The molecule has 1 aliphatic rings. The Kier molecular flexibility index (Phi) is 8.68. The third-order valence-electron chi connectivity index (χ3n) is 6.02. The third-order valence-corrected chi connectivity index (χ3v) is 6.02. The largest absolute Gasteiger partial charge is 0.466 e. The summed E-state index contributed by atoms with van der Waals surface area (Å²) in [7, 11) is 0. The molecule has 7 nitrogen and oxygen atoms in total. The quantitative estimate of drug-likeness (QED) is 0.345. The van der Waals surface area contributed by atoms with Crippen LogP contribution in [0.3, 0.4) is 0 Å². The van der Waals surface area contributed by atoms with Crippen LogP contribution in [-0.2, 0) is 31.1 Å². The number of hydrogen-bond acceptors (Lipinski definition) is 5. The van der Waals surface area contributed by atoms with Gasteiger partial charge in [0.1, 0.15) is 6.61 Å². The van der Waals surface area contributed by atoms with Crippen LogP contribution in [-0.4, -0.2) is 31.1 Å². The number of unbranched alkanes of at least 4 members (excludes halogenated alkanes) is 3. The second-order valence-corrected chi connectivity index (χ2v) is 8.97. The molecule has 1 aliphatic heterocycles. The lowest BCUT2D eigenvalue weighted by Crippen LogP contribution is -2.36. The molecule has 0 fully saturated rings. The molecule has 0 saturated carbocycles. The summed E-state index contributed by atoms with van der Waals surface area (Å²) in [4.78, 5) is 38.6. The SMILES string of the molecule is CCOC(=O)CCCCCCN1C(=O)C(C)(C)c2cc(NC(=O)OCc3ccccc3)ccc21. The van der Waals surface area contributed by atoms with Gasteiger partial charge in [0.25, 0.3) is 0 Å². The molecule has 2 aromatic carbocycles. The van der Waals surface area contributed by atoms with Crippen molar-refractivity contribution in [3.8, 4) is 0 Å². The van der Waals surface area contributed by atoms with Crippen LogP contribution in [0.2, 0.25) is 0 Å². The van der Waals surface area contributed by atoms with E-state index in [4.69, 9.17) is 9.47 Å². The lowest BCUT2D eigenvalue weighted by atomic mass is 9.86. The van der Waals surface area contributed by atoms with Crippen molar-refractivity contribution in [2.45, 2.75) is 64.9 Å². The summed E-state index contributed by atoms with van der Waals surface area (Å²) in [6.07, 6.45) is 3.41. The first-order valence-electron chi connectivity index (χ1n) is 11.9. The lowest BCUT2D eigenvalue weighted by Gasteiger charge is -2.20. The number of esters is 1. The maximum absolute atomic E-state index is 13.1. The van der Waals surface area contributed by atoms with E-state index in [-0.39, 0.29) is 18.5 Å². The summed E-state index contributed by atoms with van der Waals surface area (Å²) in [6, 6.07) is 15.0. The van der Waals surface area contributed by atoms with Gasteiger partial charge >= 0.3 is 12.1 Å². The van der Waals surface area contributed by atoms with Gasteiger partial charge in [-0.15, -0.1) is 0 Å². The maximum atomic E-state index is 13.1. The Bertz CT molecular complexity index is 1000. The Morgan fingerprint density at radius 3 is 2.44 bits per heavy atom. The fraction of sp³-hybridized carbons (Fsp3) is 0.444. The molecule has 0 radical (unpaired) electrons. The van der Waals surface area contributed by atoms with Crippen LogP contribution in [0.25, 0.3) is 0 Å². The second-order valence-electron chi connectivity index (χ2n) is 8.97. The molecule has 2 aromatic rings. The lowest BCUT2D eigenvalue weighted by molar-refractivity contribution is -0.143. The molecule has 182 valence electrons. The van der Waals surface area contributed by atoms with Gasteiger partial charge in [-0.25, -0.2) is 4.79 Å². The van der Waals surface area contributed by atoms with Crippen molar-refractivity contribution < 1.29 is 23.9 Å². The molecule has 7 heteroatoms. The Morgan fingerprint density at radius 1 is 0.971 bits per heavy atom. The van der Waals surface area contributed by atoms with Crippen LogP contribution in [0.1, 0.15) is 64.0 Å². The number of nitrogens with one attached hydrogen (secondary N) is 1. The Hall–Kier alpha value is -3.35. The molecule has 0 aromatic heterocycles. The molecule has 2 amide bonds. The highest BCUT2D eigenvalue weighted by molar-refractivity contribution is 6.08. The van der Waals surface area contributed by atoms with Crippen molar-refractivity contribution in [3.63, 3.8) is 0 Å². The van der Waals surface area contributed by atoms with Gasteiger partial charge in [0.05, 0.1) is 12.0 Å². The average molecular weight is 467 g/mol. The van der Waals surface area contributed by atoms with Crippen LogP contribution in [0, 0.1) is 0 Å². The van der Waals surface area contributed by atoms with Gasteiger partial charge in [-0.3, -0.25) is 14.9 Å². The fourth-order valence-electron chi connectivity index (χ4n) is 4.14. The molecule has 0 unspecified atom stereocenters. The fourth-order valence-corrected chi connectivity index (χ4v) is 4.14. The van der Waals surface area contributed by atoms with Crippen LogP contribution in [0.15, 0.2) is 48.5 Å². The molecule has 0 aliphatic carbocycles. The first kappa shape index (κ1) is 25.3. The van der Waals surface area contributed by atoms with E-state index in [1.165, 1.54) is 0 Å². The first-order valence-corrected chi connectivity index (χ1v) is 11.9. The van der Waals surface area contributed by atoms with E-state index in [2.05, 4.69) is 5.32 Å². The van der Waals surface area contributed by atoms with Crippen LogP contribution < -0.4 is 10.2 Å². The van der Waals surface area contributed by atoms with Crippen molar-refractivity contribution in [2.24, 2.45) is 0 Å². The highest BCUT2D eigenvalue weighted by Crippen LogP contribution is 2.43. The zero-order valence-electron chi connectivity index (χ0n) is 20.3. The number of ether oxygens (including phenoxy) is 2. The van der Waals surface area contributed by atoms with Gasteiger partial charge in [-0.05, 0) is 62.9 Å². The van der Waals surface area contributed by atoms with E-state index in [0.717, 1.165) is 42.5 Å². The van der Waals surface area contributed by atoms with Crippen molar-refractivity contribution >= 4 is 29.3 Å². The first-order chi connectivity index (χ1) is 16.3. The number of rotatable bonds is 11. The van der Waals surface area contributed by atoms with Gasteiger partial charge in [-0.2, -0.15) is 0 Å². The molecule has 34 heavy (non-hydrogen) atoms. The summed E-state index contributed by atoms with van der Waals surface area (Å²) < 4.78 is 10.3. The number of nitrogens with zero attached hydrogens (tertiary/aromatic N) is 1. The monoisotopic (exact) mass is 466 g/mol. The predicted octanol–water partition coefficient (Wildman–Crippen LogP) is 5.57. The van der Waals surface area contributed by atoms with E-state index in [0.29, 0.717) is 25.3 Å². The zero-order valence-corrected chi connectivity index (χ0v) is 20.3. The highest BCUT2D eigenvalue weighted by atomic mass is 16.5. The number of carbonyl (C=O) groups excluding carboxylic acids is 3. The van der Waals surface area contributed by atoms with Crippen molar-refractivity contribution in [2.75, 3.05) is 23.4 Å². The zero-order chi connectivity index (χ0) is 24.6. The molecule has 1 N–H and O–H groups in total. The molecule has 0 saturated heterocycles. The molecule has 0 bridgehead atoms. The smallest absolute Gasteiger partial charge is 0.411 e. The average Bonchev–Trinajstić information content (AvgIpc) is 3.01. The standard InChI is InChI=1S/C27H34N2O5/c1-4-33-24(30)14-10-5-6-11-17-29-23-16-15-21(18-22(23)27(2,3)25(29)31)28-26(32)34-19-20-12-8-7-9-13-20/h7-9,12-13,15-16,18H,4-6,10-11,14,17,19H2,1-3H3,(H,28,32).